The SMILES string of the molecule is CNc1cc(COc2ccc(C#N)cc2F)ccn1. The molecule has 0 atom stereocenters. The van der Waals surface area contributed by atoms with Crippen LogP contribution in [0.15, 0.2) is 36.5 Å². The number of benzene rings is 1. The Morgan fingerprint density at radius 3 is 2.89 bits per heavy atom. The van der Waals surface area contributed by atoms with Crippen LogP contribution in [-0.2, 0) is 6.61 Å². The van der Waals surface area contributed by atoms with E-state index in [1.54, 1.807) is 19.3 Å². The van der Waals surface area contributed by atoms with Crippen LogP contribution in [0, 0.1) is 17.1 Å². The maximum Gasteiger partial charge on any atom is 0.166 e. The zero-order valence-electron chi connectivity index (χ0n) is 10.4. The van der Waals surface area contributed by atoms with Crippen LogP contribution in [0.2, 0.25) is 0 Å². The van der Waals surface area contributed by atoms with Gasteiger partial charge in [0.05, 0.1) is 11.6 Å². The van der Waals surface area contributed by atoms with Crippen molar-refractivity contribution in [2.75, 3.05) is 12.4 Å². The van der Waals surface area contributed by atoms with Crippen LogP contribution >= 0.6 is 0 Å². The molecule has 5 heteroatoms. The van der Waals surface area contributed by atoms with E-state index in [9.17, 15) is 4.39 Å². The predicted molar refractivity (Wildman–Crippen MR) is 69.2 cm³/mol. The molecule has 0 aliphatic rings. The Kier molecular flexibility index (Phi) is 3.94. The van der Waals surface area contributed by atoms with E-state index in [1.165, 1.54) is 12.1 Å². The fraction of sp³-hybridized carbons (Fsp3) is 0.143. The van der Waals surface area contributed by atoms with Gasteiger partial charge in [-0.3, -0.25) is 0 Å². The fourth-order valence-electron chi connectivity index (χ4n) is 1.55. The van der Waals surface area contributed by atoms with Gasteiger partial charge < -0.3 is 10.1 Å². The molecule has 96 valence electrons. The lowest BCUT2D eigenvalue weighted by atomic mass is 10.2. The summed E-state index contributed by atoms with van der Waals surface area (Å²) in [6.07, 6.45) is 1.65. The zero-order valence-corrected chi connectivity index (χ0v) is 10.4. The number of hydrogen-bond acceptors (Lipinski definition) is 4. The first-order valence-corrected chi connectivity index (χ1v) is 5.68. The molecule has 1 aromatic carbocycles. The molecule has 1 heterocycles. The van der Waals surface area contributed by atoms with Crippen molar-refractivity contribution in [2.45, 2.75) is 6.61 Å². The lowest BCUT2D eigenvalue weighted by Gasteiger charge is -2.08. The molecule has 0 radical (unpaired) electrons. The number of nitrogens with one attached hydrogen (secondary N) is 1. The van der Waals surface area contributed by atoms with E-state index in [-0.39, 0.29) is 17.9 Å². The first-order chi connectivity index (χ1) is 9.22. The molecule has 4 nitrogen and oxygen atoms in total. The molecule has 1 N–H and O–H groups in total. The third-order valence-corrected chi connectivity index (χ3v) is 2.54. The Morgan fingerprint density at radius 2 is 2.21 bits per heavy atom. The van der Waals surface area contributed by atoms with Crippen LogP contribution in [0.3, 0.4) is 0 Å². The number of rotatable bonds is 4. The van der Waals surface area contributed by atoms with Crippen molar-refractivity contribution in [3.05, 3.63) is 53.5 Å². The van der Waals surface area contributed by atoms with Crippen molar-refractivity contribution in [1.29, 1.82) is 5.26 Å². The molecule has 0 fully saturated rings. The smallest absolute Gasteiger partial charge is 0.166 e. The minimum atomic E-state index is -0.540. The Balaban J connectivity index is 2.08. The summed E-state index contributed by atoms with van der Waals surface area (Å²) < 4.78 is 19.0. The quantitative estimate of drug-likeness (QED) is 0.914. The lowest BCUT2D eigenvalue weighted by Crippen LogP contribution is -2.00. The van der Waals surface area contributed by atoms with Crippen molar-refractivity contribution in [3.8, 4) is 11.8 Å². The Bertz CT molecular complexity index is 622. The monoisotopic (exact) mass is 257 g/mol. The van der Waals surface area contributed by atoms with E-state index in [0.717, 1.165) is 17.4 Å². The summed E-state index contributed by atoms with van der Waals surface area (Å²) in [5.41, 5.74) is 1.15. The summed E-state index contributed by atoms with van der Waals surface area (Å²) in [7, 11) is 1.77. The Labute approximate surface area is 110 Å². The first-order valence-electron chi connectivity index (χ1n) is 5.68. The highest BCUT2D eigenvalue weighted by Crippen LogP contribution is 2.19. The normalized spacial score (nSPS) is 9.74. The van der Waals surface area contributed by atoms with E-state index in [1.807, 2.05) is 12.1 Å². The first kappa shape index (κ1) is 12.8. The van der Waals surface area contributed by atoms with Crippen LogP contribution in [-0.4, -0.2) is 12.0 Å². The minimum absolute atomic E-state index is 0.127. The van der Waals surface area contributed by atoms with Gasteiger partial charge in [0, 0.05) is 13.2 Å². The molecule has 0 aliphatic heterocycles. The number of anilines is 1. The Hall–Kier alpha value is -2.61. The molecule has 19 heavy (non-hydrogen) atoms. The van der Waals surface area contributed by atoms with Crippen LogP contribution in [0.5, 0.6) is 5.75 Å². The molecule has 0 aliphatic carbocycles. The summed E-state index contributed by atoms with van der Waals surface area (Å²) >= 11 is 0. The lowest BCUT2D eigenvalue weighted by molar-refractivity contribution is 0.290. The molecule has 0 unspecified atom stereocenters. The van der Waals surface area contributed by atoms with Gasteiger partial charge in [0.15, 0.2) is 11.6 Å². The maximum absolute atomic E-state index is 13.6. The molecule has 1 aromatic heterocycles. The summed E-state index contributed by atoms with van der Waals surface area (Å²) in [5, 5.41) is 11.6. The average Bonchev–Trinajstić information content (AvgIpc) is 2.46. The summed E-state index contributed by atoms with van der Waals surface area (Å²) in [4.78, 5) is 4.08. The summed E-state index contributed by atoms with van der Waals surface area (Å²) in [6, 6.07) is 9.61. The largest absolute Gasteiger partial charge is 0.486 e. The summed E-state index contributed by atoms with van der Waals surface area (Å²) in [6.45, 7) is 0.236. The molecule has 0 saturated carbocycles. The molecule has 2 aromatic rings. The number of nitriles is 1. The number of nitrogens with zero attached hydrogens (tertiary/aromatic N) is 2. The van der Waals surface area contributed by atoms with Gasteiger partial charge in [-0.1, -0.05) is 0 Å². The van der Waals surface area contributed by atoms with Crippen LogP contribution in [0.25, 0.3) is 0 Å². The highest BCUT2D eigenvalue weighted by molar-refractivity contribution is 5.38. The molecule has 0 bridgehead atoms. The van der Waals surface area contributed by atoms with Crippen molar-refractivity contribution in [2.24, 2.45) is 0 Å². The van der Waals surface area contributed by atoms with E-state index in [2.05, 4.69) is 10.3 Å². The van der Waals surface area contributed by atoms with E-state index < -0.39 is 5.82 Å². The van der Waals surface area contributed by atoms with Gasteiger partial charge in [-0.05, 0) is 35.9 Å². The second-order valence-corrected chi connectivity index (χ2v) is 3.85. The molecule has 0 amide bonds. The van der Waals surface area contributed by atoms with Gasteiger partial charge in [-0.25, -0.2) is 9.37 Å². The molecule has 2 rings (SSSR count). The molecule has 0 saturated heterocycles. The number of halogens is 1. The van der Waals surface area contributed by atoms with Crippen molar-refractivity contribution >= 4 is 5.82 Å². The number of aromatic nitrogens is 1. The van der Waals surface area contributed by atoms with E-state index in [4.69, 9.17) is 10.00 Å². The van der Waals surface area contributed by atoms with Crippen LogP contribution in [0.1, 0.15) is 11.1 Å². The second kappa shape index (κ2) is 5.83. The standard InChI is InChI=1S/C14H12FN3O/c1-17-14-7-11(4-5-18-14)9-19-13-3-2-10(8-16)6-12(13)15/h2-7H,9H2,1H3,(H,17,18). The van der Waals surface area contributed by atoms with Gasteiger partial charge in [-0.15, -0.1) is 0 Å². The van der Waals surface area contributed by atoms with Gasteiger partial charge >= 0.3 is 0 Å². The number of hydrogen-bond donors (Lipinski definition) is 1. The third kappa shape index (κ3) is 3.19. The third-order valence-electron chi connectivity index (χ3n) is 2.54. The van der Waals surface area contributed by atoms with Crippen LogP contribution < -0.4 is 10.1 Å². The zero-order chi connectivity index (χ0) is 13.7. The minimum Gasteiger partial charge on any atom is -0.486 e. The molecular weight excluding hydrogens is 245 g/mol. The van der Waals surface area contributed by atoms with Gasteiger partial charge in [0.2, 0.25) is 0 Å². The van der Waals surface area contributed by atoms with Crippen molar-refractivity contribution < 1.29 is 9.13 Å². The maximum atomic E-state index is 13.6. The highest BCUT2D eigenvalue weighted by Gasteiger charge is 2.05. The second-order valence-electron chi connectivity index (χ2n) is 3.85. The summed E-state index contributed by atoms with van der Waals surface area (Å²) in [5.74, 6) is 0.310. The van der Waals surface area contributed by atoms with Crippen LogP contribution in [0.4, 0.5) is 10.2 Å². The van der Waals surface area contributed by atoms with Crippen molar-refractivity contribution in [3.63, 3.8) is 0 Å². The topological polar surface area (TPSA) is 57.9 Å². The highest BCUT2D eigenvalue weighted by atomic mass is 19.1. The fourth-order valence-corrected chi connectivity index (χ4v) is 1.55. The Morgan fingerprint density at radius 1 is 1.37 bits per heavy atom. The number of ether oxygens (including phenoxy) is 1. The predicted octanol–water partition coefficient (Wildman–Crippen LogP) is 2.71. The molecule has 0 spiro atoms. The van der Waals surface area contributed by atoms with Gasteiger partial charge in [0.25, 0.3) is 0 Å². The van der Waals surface area contributed by atoms with Gasteiger partial charge in [0.1, 0.15) is 12.4 Å². The van der Waals surface area contributed by atoms with E-state index in [0.29, 0.717) is 0 Å². The van der Waals surface area contributed by atoms with Crippen molar-refractivity contribution in [1.82, 2.24) is 4.98 Å². The molecular formula is C14H12FN3O. The van der Waals surface area contributed by atoms with E-state index >= 15 is 0 Å². The average molecular weight is 257 g/mol. The number of pyridine rings is 1. The van der Waals surface area contributed by atoms with Gasteiger partial charge in [-0.2, -0.15) is 5.26 Å².